The topological polar surface area (TPSA) is 58.1 Å². The van der Waals surface area contributed by atoms with E-state index < -0.39 is 13.0 Å². The minimum atomic E-state index is -2.51. The number of hydrogen-bond donors (Lipinski definition) is 1. The van der Waals surface area contributed by atoms with Crippen LogP contribution in [0.1, 0.15) is 11.4 Å². The fraction of sp³-hybridized carbons (Fsp3) is 0.583. The van der Waals surface area contributed by atoms with E-state index in [0.29, 0.717) is 13.1 Å². The molecule has 19 heavy (non-hydrogen) atoms. The summed E-state index contributed by atoms with van der Waals surface area (Å²) >= 11 is 0. The number of rotatable bonds is 4. The van der Waals surface area contributed by atoms with E-state index in [1.165, 1.54) is 0 Å². The van der Waals surface area contributed by atoms with Crippen LogP contribution < -0.4 is 10.2 Å². The molecular formula is C12H16F2N4O. The van der Waals surface area contributed by atoms with Crippen molar-refractivity contribution in [3.8, 4) is 0 Å². The minimum Gasteiger partial charge on any atom is -0.353 e. The van der Waals surface area contributed by atoms with Gasteiger partial charge in [-0.15, -0.1) is 0 Å². The summed E-state index contributed by atoms with van der Waals surface area (Å²) in [4.78, 5) is 22.1. The summed E-state index contributed by atoms with van der Waals surface area (Å²) in [5.74, 6) is 0.188. The van der Waals surface area contributed by atoms with Crippen LogP contribution in [0, 0.1) is 19.8 Å². The number of nitrogens with zero attached hydrogens (tertiary/aromatic N) is 3. The smallest absolute Gasteiger partial charge is 0.255 e. The first kappa shape index (κ1) is 13.6. The maximum atomic E-state index is 12.0. The summed E-state index contributed by atoms with van der Waals surface area (Å²) in [5, 5.41) is 2.23. The van der Waals surface area contributed by atoms with Crippen molar-refractivity contribution >= 4 is 11.7 Å². The van der Waals surface area contributed by atoms with Gasteiger partial charge in [-0.25, -0.2) is 13.8 Å². The molecule has 5 nitrogen and oxygen atoms in total. The third-order valence-electron chi connectivity index (χ3n) is 3.03. The van der Waals surface area contributed by atoms with Crippen molar-refractivity contribution in [3.63, 3.8) is 0 Å². The molecule has 0 atom stereocenters. The number of amides is 1. The van der Waals surface area contributed by atoms with Crippen LogP contribution in [0.15, 0.2) is 6.20 Å². The highest BCUT2D eigenvalue weighted by molar-refractivity contribution is 5.81. The Morgan fingerprint density at radius 2 is 2.21 bits per heavy atom. The van der Waals surface area contributed by atoms with Crippen LogP contribution in [-0.4, -0.2) is 41.9 Å². The van der Waals surface area contributed by atoms with Gasteiger partial charge in [-0.2, -0.15) is 0 Å². The molecule has 1 aliphatic heterocycles. The summed E-state index contributed by atoms with van der Waals surface area (Å²) in [6, 6.07) is 0. The molecule has 0 saturated carbocycles. The summed E-state index contributed by atoms with van der Waals surface area (Å²) in [5.41, 5.74) is 1.61. The summed E-state index contributed by atoms with van der Waals surface area (Å²) in [6.45, 7) is 4.11. The molecule has 1 aliphatic rings. The highest BCUT2D eigenvalue weighted by Gasteiger charge is 2.34. The predicted octanol–water partition coefficient (Wildman–Crippen LogP) is 0.911. The Hall–Kier alpha value is -1.79. The standard InChI is InChI=1S/C12H16F2N4O/c1-7-3-15-8(2)11(17-7)18-5-9(6-18)12(19)16-4-10(13)14/h3,9-10H,4-6H2,1-2H3,(H,16,19). The van der Waals surface area contributed by atoms with E-state index in [1.54, 1.807) is 6.20 Å². The number of aryl methyl sites for hydroxylation is 2. The lowest BCUT2D eigenvalue weighted by Gasteiger charge is -2.39. The first-order valence-electron chi connectivity index (χ1n) is 6.08. The fourth-order valence-electron chi connectivity index (χ4n) is 1.96. The monoisotopic (exact) mass is 270 g/mol. The van der Waals surface area contributed by atoms with E-state index in [1.807, 2.05) is 18.7 Å². The zero-order valence-electron chi connectivity index (χ0n) is 10.9. The van der Waals surface area contributed by atoms with Gasteiger partial charge in [0.1, 0.15) is 5.82 Å². The number of carbonyl (C=O) groups excluding carboxylic acids is 1. The third kappa shape index (κ3) is 3.15. The lowest BCUT2D eigenvalue weighted by Crippen LogP contribution is -2.54. The summed E-state index contributed by atoms with van der Waals surface area (Å²) in [6.07, 6.45) is -0.823. The Morgan fingerprint density at radius 1 is 1.53 bits per heavy atom. The Labute approximate surface area is 110 Å². The minimum absolute atomic E-state index is 0.250. The molecule has 1 aromatic rings. The summed E-state index contributed by atoms with van der Waals surface area (Å²) < 4.78 is 24.0. The van der Waals surface area contributed by atoms with Gasteiger partial charge in [-0.1, -0.05) is 0 Å². The van der Waals surface area contributed by atoms with Crippen molar-refractivity contribution in [1.82, 2.24) is 15.3 Å². The molecule has 2 heterocycles. The second-order valence-corrected chi connectivity index (χ2v) is 4.66. The van der Waals surface area contributed by atoms with Gasteiger partial charge in [0.15, 0.2) is 0 Å². The number of aromatic nitrogens is 2. The van der Waals surface area contributed by atoms with Crippen LogP contribution in [0.5, 0.6) is 0 Å². The SMILES string of the molecule is Cc1cnc(C)c(N2CC(C(=O)NCC(F)F)C2)n1. The lowest BCUT2D eigenvalue weighted by molar-refractivity contribution is -0.126. The molecule has 1 saturated heterocycles. The average molecular weight is 270 g/mol. The Bertz CT molecular complexity index is 475. The molecule has 1 aromatic heterocycles. The fourth-order valence-corrected chi connectivity index (χ4v) is 1.96. The van der Waals surface area contributed by atoms with Crippen molar-refractivity contribution in [2.24, 2.45) is 5.92 Å². The van der Waals surface area contributed by atoms with Crippen LogP contribution in [0.2, 0.25) is 0 Å². The van der Waals surface area contributed by atoms with Gasteiger partial charge in [0.25, 0.3) is 6.43 Å². The molecule has 1 amide bonds. The van der Waals surface area contributed by atoms with Crippen LogP contribution in [0.3, 0.4) is 0 Å². The molecule has 0 unspecified atom stereocenters. The van der Waals surface area contributed by atoms with Gasteiger partial charge < -0.3 is 10.2 Å². The zero-order valence-corrected chi connectivity index (χ0v) is 10.9. The number of alkyl halides is 2. The van der Waals surface area contributed by atoms with Gasteiger partial charge in [0, 0.05) is 19.3 Å². The predicted molar refractivity (Wildman–Crippen MR) is 66.2 cm³/mol. The summed E-state index contributed by atoms with van der Waals surface area (Å²) in [7, 11) is 0. The normalized spacial score (nSPS) is 15.5. The van der Waals surface area contributed by atoms with Gasteiger partial charge in [0.2, 0.25) is 5.91 Å². The molecule has 1 fully saturated rings. The first-order chi connectivity index (χ1) is 8.97. The highest BCUT2D eigenvalue weighted by Crippen LogP contribution is 2.25. The third-order valence-corrected chi connectivity index (χ3v) is 3.03. The van der Waals surface area contributed by atoms with Crippen molar-refractivity contribution < 1.29 is 13.6 Å². The van der Waals surface area contributed by atoms with Gasteiger partial charge in [-0.3, -0.25) is 9.78 Å². The van der Waals surface area contributed by atoms with Crippen molar-refractivity contribution in [2.45, 2.75) is 20.3 Å². The Kier molecular flexibility index (Phi) is 3.92. The second-order valence-electron chi connectivity index (χ2n) is 4.66. The van der Waals surface area contributed by atoms with E-state index in [4.69, 9.17) is 0 Å². The van der Waals surface area contributed by atoms with E-state index >= 15 is 0 Å². The molecule has 2 rings (SSSR count). The first-order valence-corrected chi connectivity index (χ1v) is 6.08. The number of carbonyl (C=O) groups is 1. The Balaban J connectivity index is 1.89. The molecule has 0 radical (unpaired) electrons. The van der Waals surface area contributed by atoms with Crippen LogP contribution in [-0.2, 0) is 4.79 Å². The van der Waals surface area contributed by atoms with Gasteiger partial charge in [0.05, 0.1) is 23.9 Å². The molecule has 104 valence electrons. The largest absolute Gasteiger partial charge is 0.353 e. The van der Waals surface area contributed by atoms with Gasteiger partial charge in [-0.05, 0) is 13.8 Å². The van der Waals surface area contributed by atoms with Crippen molar-refractivity contribution in [1.29, 1.82) is 0 Å². The maximum Gasteiger partial charge on any atom is 0.255 e. The quantitative estimate of drug-likeness (QED) is 0.883. The number of halogens is 2. The number of anilines is 1. The Morgan fingerprint density at radius 3 is 2.84 bits per heavy atom. The van der Waals surface area contributed by atoms with Crippen LogP contribution in [0.25, 0.3) is 0 Å². The zero-order chi connectivity index (χ0) is 14.0. The lowest BCUT2D eigenvalue weighted by atomic mass is 9.99. The molecule has 0 aromatic carbocycles. The number of hydrogen-bond acceptors (Lipinski definition) is 4. The number of nitrogens with one attached hydrogen (secondary N) is 1. The van der Waals surface area contributed by atoms with E-state index in [9.17, 15) is 13.6 Å². The molecule has 1 N–H and O–H groups in total. The van der Waals surface area contributed by atoms with Crippen molar-refractivity contribution in [2.75, 3.05) is 24.5 Å². The van der Waals surface area contributed by atoms with Crippen LogP contribution in [0.4, 0.5) is 14.6 Å². The van der Waals surface area contributed by atoms with Crippen molar-refractivity contribution in [3.05, 3.63) is 17.6 Å². The molecular weight excluding hydrogens is 254 g/mol. The molecule has 0 aliphatic carbocycles. The maximum absolute atomic E-state index is 12.0. The highest BCUT2D eigenvalue weighted by atomic mass is 19.3. The molecule has 0 spiro atoms. The van der Waals surface area contributed by atoms with Crippen LogP contribution >= 0.6 is 0 Å². The van der Waals surface area contributed by atoms with E-state index in [-0.39, 0.29) is 11.8 Å². The van der Waals surface area contributed by atoms with Gasteiger partial charge >= 0.3 is 0 Å². The molecule has 7 heteroatoms. The second kappa shape index (κ2) is 5.46. The van der Waals surface area contributed by atoms with E-state index in [0.717, 1.165) is 17.2 Å². The molecule has 0 bridgehead atoms. The van der Waals surface area contributed by atoms with E-state index in [2.05, 4.69) is 15.3 Å². The average Bonchev–Trinajstić information content (AvgIpc) is 2.29.